The maximum Gasteiger partial charge on any atom is 0.254 e. The van der Waals surface area contributed by atoms with Crippen molar-refractivity contribution in [3.8, 4) is 0 Å². The fourth-order valence-corrected chi connectivity index (χ4v) is 3.09. The van der Waals surface area contributed by atoms with Crippen molar-refractivity contribution in [1.29, 1.82) is 0 Å². The molecule has 2 atom stereocenters. The molecule has 6 heteroatoms. The lowest BCUT2D eigenvalue weighted by Gasteiger charge is -2.21. The molecule has 2 rings (SSSR count). The summed E-state index contributed by atoms with van der Waals surface area (Å²) in [6.07, 6.45) is 4.85. The van der Waals surface area contributed by atoms with Crippen molar-refractivity contribution >= 4 is 21.8 Å². The lowest BCUT2D eigenvalue weighted by atomic mass is 10.1. The molecule has 1 aliphatic carbocycles. The van der Waals surface area contributed by atoms with Gasteiger partial charge in [0, 0.05) is 10.9 Å². The van der Waals surface area contributed by atoms with Crippen LogP contribution in [-0.4, -0.2) is 16.8 Å². The fraction of sp³-hybridized carbons (Fsp3) is 0.500. The average molecular weight is 350 g/mol. The maximum absolute atomic E-state index is 13.6. The van der Waals surface area contributed by atoms with Crippen LogP contribution in [0.3, 0.4) is 0 Å². The number of amides is 1. The SMILES string of the molecule is O=C(NC1CCCCCC1Br)c1ccc(F)c(F)c1F. The fourth-order valence-electron chi connectivity index (χ4n) is 2.37. The molecular formula is C14H15BrF3NO. The van der Waals surface area contributed by atoms with E-state index >= 15 is 0 Å². The van der Waals surface area contributed by atoms with Crippen LogP contribution in [0.4, 0.5) is 13.2 Å². The molecule has 0 aromatic heterocycles. The molecule has 0 heterocycles. The summed E-state index contributed by atoms with van der Waals surface area (Å²) in [6.45, 7) is 0. The molecule has 1 amide bonds. The Hall–Kier alpha value is -1.04. The van der Waals surface area contributed by atoms with Gasteiger partial charge < -0.3 is 5.32 Å². The molecule has 0 radical (unpaired) electrons. The van der Waals surface area contributed by atoms with Crippen LogP contribution in [-0.2, 0) is 0 Å². The van der Waals surface area contributed by atoms with Crippen molar-refractivity contribution in [1.82, 2.24) is 5.32 Å². The van der Waals surface area contributed by atoms with Gasteiger partial charge in [0.25, 0.3) is 5.91 Å². The van der Waals surface area contributed by atoms with E-state index in [1.807, 2.05) is 0 Å². The van der Waals surface area contributed by atoms with E-state index in [0.717, 1.165) is 44.2 Å². The Morgan fingerprint density at radius 1 is 1.10 bits per heavy atom. The number of benzene rings is 1. The van der Waals surface area contributed by atoms with Crippen molar-refractivity contribution in [2.24, 2.45) is 0 Å². The predicted octanol–water partition coefficient (Wildman–Crippen LogP) is 3.93. The zero-order valence-electron chi connectivity index (χ0n) is 10.8. The molecule has 2 nitrogen and oxygen atoms in total. The molecule has 1 fully saturated rings. The Balaban J connectivity index is 2.13. The summed E-state index contributed by atoms with van der Waals surface area (Å²) >= 11 is 3.51. The van der Waals surface area contributed by atoms with Crippen LogP contribution in [0.5, 0.6) is 0 Å². The molecule has 1 aromatic carbocycles. The Morgan fingerprint density at radius 2 is 1.80 bits per heavy atom. The standard InChI is InChI=1S/C14H15BrF3NO/c15-9-4-2-1-3-5-11(9)19-14(20)8-6-7-10(16)13(18)12(8)17/h6-7,9,11H,1-5H2,(H,19,20). The largest absolute Gasteiger partial charge is 0.348 e. The van der Waals surface area contributed by atoms with E-state index < -0.39 is 28.9 Å². The minimum Gasteiger partial charge on any atom is -0.348 e. The highest BCUT2D eigenvalue weighted by molar-refractivity contribution is 9.09. The molecule has 1 aromatic rings. The smallest absolute Gasteiger partial charge is 0.254 e. The monoisotopic (exact) mass is 349 g/mol. The van der Waals surface area contributed by atoms with Gasteiger partial charge in [-0.25, -0.2) is 13.2 Å². The van der Waals surface area contributed by atoms with Crippen molar-refractivity contribution < 1.29 is 18.0 Å². The molecule has 1 aliphatic rings. The third-order valence-corrected chi connectivity index (χ3v) is 4.62. The average Bonchev–Trinajstić information content (AvgIpc) is 2.61. The molecule has 110 valence electrons. The number of hydrogen-bond donors (Lipinski definition) is 1. The zero-order valence-corrected chi connectivity index (χ0v) is 12.4. The molecule has 1 N–H and O–H groups in total. The third kappa shape index (κ3) is 3.34. The van der Waals surface area contributed by atoms with E-state index in [-0.39, 0.29) is 10.9 Å². The van der Waals surface area contributed by atoms with Crippen LogP contribution in [0.15, 0.2) is 12.1 Å². The Bertz CT molecular complexity index is 509. The molecule has 0 saturated heterocycles. The lowest BCUT2D eigenvalue weighted by molar-refractivity contribution is 0.0929. The zero-order chi connectivity index (χ0) is 14.7. The van der Waals surface area contributed by atoms with Gasteiger partial charge in [0.2, 0.25) is 0 Å². The van der Waals surface area contributed by atoms with E-state index in [9.17, 15) is 18.0 Å². The Kier molecular flexibility index (Phi) is 5.07. The second kappa shape index (κ2) is 6.61. The van der Waals surface area contributed by atoms with E-state index in [0.29, 0.717) is 0 Å². The second-order valence-corrected chi connectivity index (χ2v) is 6.13. The van der Waals surface area contributed by atoms with Gasteiger partial charge >= 0.3 is 0 Å². The van der Waals surface area contributed by atoms with Crippen LogP contribution in [0.1, 0.15) is 42.5 Å². The van der Waals surface area contributed by atoms with Crippen LogP contribution < -0.4 is 5.32 Å². The van der Waals surface area contributed by atoms with Crippen LogP contribution in [0.2, 0.25) is 0 Å². The first-order chi connectivity index (χ1) is 9.50. The van der Waals surface area contributed by atoms with Gasteiger partial charge in [-0.2, -0.15) is 0 Å². The number of carbonyl (C=O) groups is 1. The lowest BCUT2D eigenvalue weighted by Crippen LogP contribution is -2.40. The summed E-state index contributed by atoms with van der Waals surface area (Å²) < 4.78 is 39.5. The first-order valence-electron chi connectivity index (χ1n) is 6.59. The van der Waals surface area contributed by atoms with Crippen LogP contribution in [0.25, 0.3) is 0 Å². The normalized spacial score (nSPS) is 23.2. The summed E-state index contributed by atoms with van der Waals surface area (Å²) in [5.74, 6) is -5.07. The summed E-state index contributed by atoms with van der Waals surface area (Å²) in [4.78, 5) is 12.1. The number of rotatable bonds is 2. The molecule has 0 bridgehead atoms. The Morgan fingerprint density at radius 3 is 2.55 bits per heavy atom. The van der Waals surface area contributed by atoms with E-state index in [1.54, 1.807) is 0 Å². The van der Waals surface area contributed by atoms with E-state index in [2.05, 4.69) is 21.2 Å². The van der Waals surface area contributed by atoms with Crippen molar-refractivity contribution in [2.75, 3.05) is 0 Å². The Labute approximate surface area is 123 Å². The minimum absolute atomic E-state index is 0.113. The van der Waals surface area contributed by atoms with Gasteiger partial charge in [-0.15, -0.1) is 0 Å². The van der Waals surface area contributed by atoms with Crippen molar-refractivity contribution in [2.45, 2.75) is 43.0 Å². The van der Waals surface area contributed by atoms with E-state index in [4.69, 9.17) is 0 Å². The van der Waals surface area contributed by atoms with Gasteiger partial charge in [-0.05, 0) is 25.0 Å². The maximum atomic E-state index is 13.6. The number of nitrogens with one attached hydrogen (secondary N) is 1. The van der Waals surface area contributed by atoms with Crippen molar-refractivity contribution in [3.05, 3.63) is 35.1 Å². The molecule has 1 saturated carbocycles. The first-order valence-corrected chi connectivity index (χ1v) is 7.50. The van der Waals surface area contributed by atoms with Crippen LogP contribution in [0, 0.1) is 17.5 Å². The highest BCUT2D eigenvalue weighted by Crippen LogP contribution is 2.24. The molecule has 0 aliphatic heterocycles. The summed E-state index contributed by atoms with van der Waals surface area (Å²) in [6, 6.07) is 1.59. The molecule has 0 spiro atoms. The molecule has 2 unspecified atom stereocenters. The quantitative estimate of drug-likeness (QED) is 0.489. The second-order valence-electron chi connectivity index (χ2n) is 4.96. The summed E-state index contributed by atoms with van der Waals surface area (Å²) in [5.41, 5.74) is -0.465. The number of halogens is 4. The number of carbonyl (C=O) groups excluding carboxylic acids is 1. The topological polar surface area (TPSA) is 29.1 Å². The van der Waals surface area contributed by atoms with Gasteiger partial charge in [0.1, 0.15) is 0 Å². The third-order valence-electron chi connectivity index (χ3n) is 3.53. The molecular weight excluding hydrogens is 335 g/mol. The van der Waals surface area contributed by atoms with E-state index in [1.165, 1.54) is 0 Å². The minimum atomic E-state index is -1.62. The summed E-state index contributed by atoms with van der Waals surface area (Å²) in [7, 11) is 0. The highest BCUT2D eigenvalue weighted by atomic mass is 79.9. The van der Waals surface area contributed by atoms with Gasteiger partial charge in [-0.3, -0.25) is 4.79 Å². The summed E-state index contributed by atoms with van der Waals surface area (Å²) in [5, 5.41) is 2.70. The van der Waals surface area contributed by atoms with Gasteiger partial charge in [0.05, 0.1) is 5.56 Å². The number of alkyl halides is 1. The first kappa shape index (κ1) is 15.4. The van der Waals surface area contributed by atoms with Gasteiger partial charge in [0.15, 0.2) is 17.5 Å². The number of hydrogen-bond acceptors (Lipinski definition) is 1. The van der Waals surface area contributed by atoms with Gasteiger partial charge in [-0.1, -0.05) is 35.2 Å². The van der Waals surface area contributed by atoms with Crippen molar-refractivity contribution in [3.63, 3.8) is 0 Å². The predicted molar refractivity (Wildman–Crippen MR) is 73.4 cm³/mol. The highest BCUT2D eigenvalue weighted by Gasteiger charge is 2.25. The molecule has 20 heavy (non-hydrogen) atoms. The van der Waals surface area contributed by atoms with Crippen LogP contribution >= 0.6 is 15.9 Å².